The van der Waals surface area contributed by atoms with Crippen molar-refractivity contribution in [1.82, 2.24) is 24.6 Å². The summed E-state index contributed by atoms with van der Waals surface area (Å²) >= 11 is 1.63. The van der Waals surface area contributed by atoms with Gasteiger partial charge in [-0.2, -0.15) is 10.1 Å². The highest BCUT2D eigenvalue weighted by Crippen LogP contribution is 2.33. The Morgan fingerprint density at radius 2 is 1.71 bits per heavy atom. The quantitative estimate of drug-likeness (QED) is 0.492. The van der Waals surface area contributed by atoms with Gasteiger partial charge in [-0.1, -0.05) is 0 Å². The minimum absolute atomic E-state index is 0.577. The fraction of sp³-hybridized carbons (Fsp3) is 0.318. The van der Waals surface area contributed by atoms with Gasteiger partial charge in [0.15, 0.2) is 0 Å². The van der Waals surface area contributed by atoms with Gasteiger partial charge in [0, 0.05) is 50.8 Å². The minimum Gasteiger partial charge on any atom is -0.369 e. The molecule has 0 unspecified atom stereocenters. The molecule has 4 aromatic rings. The third-order valence-electron chi connectivity index (χ3n) is 5.58. The fourth-order valence-corrected chi connectivity index (χ4v) is 4.72. The van der Waals surface area contributed by atoms with E-state index in [1.807, 2.05) is 13.2 Å². The molecule has 1 fully saturated rings. The molecule has 8 nitrogen and oxygen atoms in total. The smallest absolute Gasteiger partial charge is 0.230 e. The molecule has 0 amide bonds. The first-order valence-corrected chi connectivity index (χ1v) is 11.3. The lowest BCUT2D eigenvalue weighted by Crippen LogP contribution is -2.44. The number of aromatic nitrogens is 4. The van der Waals surface area contributed by atoms with E-state index in [2.05, 4.69) is 69.1 Å². The van der Waals surface area contributed by atoms with Gasteiger partial charge >= 0.3 is 0 Å². The van der Waals surface area contributed by atoms with Crippen LogP contribution in [0.5, 0.6) is 0 Å². The van der Waals surface area contributed by atoms with Crippen molar-refractivity contribution >= 4 is 50.4 Å². The van der Waals surface area contributed by atoms with Crippen LogP contribution in [-0.4, -0.2) is 57.9 Å². The van der Waals surface area contributed by atoms with E-state index in [1.54, 1.807) is 22.2 Å². The molecule has 1 aliphatic heterocycles. The van der Waals surface area contributed by atoms with E-state index in [0.29, 0.717) is 5.95 Å². The number of fused-ring (bicyclic) bond motifs is 1. The van der Waals surface area contributed by atoms with E-state index in [0.717, 1.165) is 59.2 Å². The van der Waals surface area contributed by atoms with Gasteiger partial charge in [0.05, 0.1) is 17.3 Å². The van der Waals surface area contributed by atoms with E-state index in [4.69, 9.17) is 9.97 Å². The number of nitrogens with one attached hydrogen (secondary N) is 2. The standard InChI is InChI=1S/C22H26N8S/c1-15-14-31-21-19(15)20(24-17-12-23-29(3)13-17)26-22(27-21)25-16-4-6-18(7-5-16)30-10-8-28(2)9-11-30/h4-7,12-14H,8-11H2,1-3H3,(H2,24,25,26,27). The van der Waals surface area contributed by atoms with Crippen LogP contribution >= 0.6 is 11.3 Å². The van der Waals surface area contributed by atoms with Crippen molar-refractivity contribution in [3.05, 3.63) is 47.6 Å². The van der Waals surface area contributed by atoms with Crippen molar-refractivity contribution in [2.24, 2.45) is 7.05 Å². The lowest BCUT2D eigenvalue weighted by molar-refractivity contribution is 0.313. The second-order valence-corrected chi connectivity index (χ2v) is 8.84. The van der Waals surface area contributed by atoms with Gasteiger partial charge in [0.1, 0.15) is 10.6 Å². The highest BCUT2D eigenvalue weighted by atomic mass is 32.1. The van der Waals surface area contributed by atoms with Crippen LogP contribution in [0.4, 0.5) is 28.8 Å². The summed E-state index contributed by atoms with van der Waals surface area (Å²) in [5, 5.41) is 14.2. The first-order chi connectivity index (χ1) is 15.0. The van der Waals surface area contributed by atoms with E-state index in [-0.39, 0.29) is 0 Å². The average Bonchev–Trinajstić information content (AvgIpc) is 3.34. The average molecular weight is 435 g/mol. The third kappa shape index (κ3) is 4.19. The molecular weight excluding hydrogens is 408 g/mol. The maximum Gasteiger partial charge on any atom is 0.230 e. The number of nitrogens with zero attached hydrogens (tertiary/aromatic N) is 6. The van der Waals surface area contributed by atoms with Crippen molar-refractivity contribution in [2.45, 2.75) is 6.92 Å². The summed E-state index contributed by atoms with van der Waals surface area (Å²) in [7, 11) is 4.07. The van der Waals surface area contributed by atoms with E-state index >= 15 is 0 Å². The molecule has 0 spiro atoms. The second-order valence-electron chi connectivity index (χ2n) is 7.98. The molecule has 0 radical (unpaired) electrons. The molecule has 0 bridgehead atoms. The maximum atomic E-state index is 4.77. The molecule has 160 valence electrons. The molecule has 9 heteroatoms. The van der Waals surface area contributed by atoms with E-state index in [1.165, 1.54) is 5.69 Å². The van der Waals surface area contributed by atoms with Crippen LogP contribution in [0.25, 0.3) is 10.2 Å². The zero-order chi connectivity index (χ0) is 21.4. The fourth-order valence-electron chi connectivity index (χ4n) is 3.80. The topological polar surface area (TPSA) is 74.1 Å². The monoisotopic (exact) mass is 434 g/mol. The van der Waals surface area contributed by atoms with Crippen molar-refractivity contribution in [2.75, 3.05) is 48.8 Å². The summed E-state index contributed by atoms with van der Waals surface area (Å²) in [5.74, 6) is 1.36. The number of thiophene rings is 1. The minimum atomic E-state index is 0.577. The molecule has 2 N–H and O–H groups in total. The predicted molar refractivity (Wildman–Crippen MR) is 128 cm³/mol. The molecule has 31 heavy (non-hydrogen) atoms. The Hall–Kier alpha value is -3.17. The zero-order valence-corrected chi connectivity index (χ0v) is 18.8. The van der Waals surface area contributed by atoms with Gasteiger partial charge in [-0.3, -0.25) is 4.68 Å². The van der Waals surface area contributed by atoms with Gasteiger partial charge in [-0.25, -0.2) is 4.98 Å². The Morgan fingerprint density at radius 1 is 0.935 bits per heavy atom. The van der Waals surface area contributed by atoms with Gasteiger partial charge in [-0.05, 0) is 49.2 Å². The SMILES string of the molecule is Cc1csc2nc(Nc3ccc(N4CCN(C)CC4)cc3)nc(Nc3cnn(C)c3)c12. The molecular formula is C22H26N8S. The summed E-state index contributed by atoms with van der Waals surface area (Å²) in [6.45, 7) is 6.40. The number of rotatable bonds is 5. The van der Waals surface area contributed by atoms with Crippen LogP contribution in [0.2, 0.25) is 0 Å². The first-order valence-electron chi connectivity index (χ1n) is 10.4. The normalized spacial score (nSPS) is 14.9. The lowest BCUT2D eigenvalue weighted by Gasteiger charge is -2.34. The van der Waals surface area contributed by atoms with Gasteiger partial charge < -0.3 is 20.4 Å². The maximum absolute atomic E-state index is 4.77. The molecule has 5 rings (SSSR count). The number of benzene rings is 1. The van der Waals surface area contributed by atoms with Crippen LogP contribution in [0.15, 0.2) is 42.0 Å². The van der Waals surface area contributed by atoms with Crippen LogP contribution in [0.1, 0.15) is 5.56 Å². The van der Waals surface area contributed by atoms with Crippen LogP contribution < -0.4 is 15.5 Å². The van der Waals surface area contributed by atoms with Crippen molar-refractivity contribution < 1.29 is 0 Å². The van der Waals surface area contributed by atoms with Crippen molar-refractivity contribution in [3.8, 4) is 0 Å². The molecule has 0 aliphatic carbocycles. The lowest BCUT2D eigenvalue weighted by atomic mass is 10.2. The van der Waals surface area contributed by atoms with Crippen LogP contribution in [0.3, 0.4) is 0 Å². The molecule has 1 saturated heterocycles. The summed E-state index contributed by atoms with van der Waals surface area (Å²) in [4.78, 5) is 15.3. The molecule has 3 aromatic heterocycles. The Bertz CT molecular complexity index is 1190. The molecule has 1 aromatic carbocycles. The molecule has 4 heterocycles. The van der Waals surface area contributed by atoms with Gasteiger partial charge in [0.2, 0.25) is 5.95 Å². The van der Waals surface area contributed by atoms with Gasteiger partial charge in [0.25, 0.3) is 0 Å². The second kappa shape index (κ2) is 8.16. The number of hydrogen-bond donors (Lipinski definition) is 2. The van der Waals surface area contributed by atoms with Crippen LogP contribution in [0, 0.1) is 6.92 Å². The number of aryl methyl sites for hydroxylation is 2. The first kappa shape index (κ1) is 19.8. The van der Waals surface area contributed by atoms with Crippen LogP contribution in [-0.2, 0) is 7.05 Å². The molecule has 1 aliphatic rings. The van der Waals surface area contributed by atoms with E-state index in [9.17, 15) is 0 Å². The highest BCUT2D eigenvalue weighted by Gasteiger charge is 2.15. The molecule has 0 saturated carbocycles. The Kier molecular flexibility index (Phi) is 5.21. The number of hydrogen-bond acceptors (Lipinski definition) is 8. The zero-order valence-electron chi connectivity index (χ0n) is 18.0. The largest absolute Gasteiger partial charge is 0.369 e. The number of piperazine rings is 1. The summed E-state index contributed by atoms with van der Waals surface area (Å²) in [6, 6.07) is 8.51. The third-order valence-corrected chi connectivity index (χ3v) is 6.57. The predicted octanol–water partition coefficient (Wildman–Crippen LogP) is 3.97. The van der Waals surface area contributed by atoms with Crippen molar-refractivity contribution in [3.63, 3.8) is 0 Å². The van der Waals surface area contributed by atoms with Gasteiger partial charge in [-0.15, -0.1) is 11.3 Å². The number of likely N-dealkylation sites (N-methyl/N-ethyl adjacent to an activating group) is 1. The summed E-state index contributed by atoms with van der Waals surface area (Å²) < 4.78 is 1.77. The Balaban J connectivity index is 1.39. The molecule has 0 atom stereocenters. The Morgan fingerprint density at radius 3 is 2.42 bits per heavy atom. The number of anilines is 5. The Labute approximate surface area is 185 Å². The summed E-state index contributed by atoms with van der Waals surface area (Å²) in [6.07, 6.45) is 3.72. The van der Waals surface area contributed by atoms with E-state index < -0.39 is 0 Å². The van der Waals surface area contributed by atoms with Crippen molar-refractivity contribution in [1.29, 1.82) is 0 Å². The highest BCUT2D eigenvalue weighted by molar-refractivity contribution is 7.17. The summed E-state index contributed by atoms with van der Waals surface area (Å²) in [5.41, 5.74) is 4.28.